The maximum atomic E-state index is 12.6. The molecular weight excluding hydrogens is 332 g/mol. The fourth-order valence-corrected chi connectivity index (χ4v) is 3.01. The van der Waals surface area contributed by atoms with Gasteiger partial charge in [0.25, 0.3) is 0 Å². The number of carbonyl (C=O) groups excluding carboxylic acids is 2. The lowest BCUT2D eigenvalue weighted by Crippen LogP contribution is -2.43. The Hall–Kier alpha value is -2.86. The van der Waals surface area contributed by atoms with E-state index in [0.717, 1.165) is 11.1 Å². The average molecular weight is 354 g/mol. The molecule has 0 bridgehead atoms. The molecule has 2 amide bonds. The van der Waals surface area contributed by atoms with E-state index in [4.69, 9.17) is 4.74 Å². The average Bonchev–Trinajstić information content (AvgIpc) is 3.03. The maximum Gasteiger partial charge on any atom is 0.410 e. The molecule has 6 heteroatoms. The number of aliphatic hydroxyl groups excluding tert-OH is 1. The van der Waals surface area contributed by atoms with Gasteiger partial charge in [-0.1, -0.05) is 42.5 Å². The summed E-state index contributed by atoms with van der Waals surface area (Å²) in [5.41, 5.74) is 2.55. The molecule has 1 heterocycles. The van der Waals surface area contributed by atoms with Crippen molar-refractivity contribution in [2.45, 2.75) is 32.1 Å². The first-order valence-corrected chi connectivity index (χ1v) is 8.56. The van der Waals surface area contributed by atoms with Gasteiger partial charge in [-0.3, -0.25) is 9.69 Å². The first-order valence-electron chi connectivity index (χ1n) is 8.56. The minimum Gasteiger partial charge on any atom is -0.445 e. The Morgan fingerprint density at radius 3 is 2.69 bits per heavy atom. The summed E-state index contributed by atoms with van der Waals surface area (Å²) in [5, 5.41) is 12.7. The summed E-state index contributed by atoms with van der Waals surface area (Å²) >= 11 is 0. The fraction of sp³-hybridized carbons (Fsp3) is 0.300. The van der Waals surface area contributed by atoms with Crippen molar-refractivity contribution in [2.75, 3.05) is 11.9 Å². The number of ether oxygens (including phenoxy) is 1. The van der Waals surface area contributed by atoms with E-state index in [1.54, 1.807) is 6.07 Å². The number of aryl methyl sites for hydroxylation is 1. The van der Waals surface area contributed by atoms with Gasteiger partial charge in [0.1, 0.15) is 12.6 Å². The zero-order chi connectivity index (χ0) is 18.5. The predicted molar refractivity (Wildman–Crippen MR) is 97.6 cm³/mol. The van der Waals surface area contributed by atoms with Gasteiger partial charge in [-0.05, 0) is 30.2 Å². The van der Waals surface area contributed by atoms with Crippen molar-refractivity contribution in [3.8, 4) is 0 Å². The first kappa shape index (κ1) is 17.9. The molecule has 1 fully saturated rings. The number of carbonyl (C=O) groups is 2. The Kier molecular flexibility index (Phi) is 5.53. The van der Waals surface area contributed by atoms with Crippen LogP contribution in [0.3, 0.4) is 0 Å². The van der Waals surface area contributed by atoms with Gasteiger partial charge in [0.15, 0.2) is 0 Å². The number of hydrogen-bond acceptors (Lipinski definition) is 4. The van der Waals surface area contributed by atoms with Gasteiger partial charge in [-0.15, -0.1) is 0 Å². The number of hydrogen-bond donors (Lipinski definition) is 2. The molecule has 0 aliphatic carbocycles. The van der Waals surface area contributed by atoms with Crippen molar-refractivity contribution in [3.63, 3.8) is 0 Å². The zero-order valence-electron chi connectivity index (χ0n) is 14.6. The van der Waals surface area contributed by atoms with E-state index < -0.39 is 18.2 Å². The molecule has 0 saturated carbocycles. The van der Waals surface area contributed by atoms with Crippen molar-refractivity contribution in [3.05, 3.63) is 65.7 Å². The summed E-state index contributed by atoms with van der Waals surface area (Å²) in [6, 6.07) is 16.0. The largest absolute Gasteiger partial charge is 0.445 e. The van der Waals surface area contributed by atoms with Crippen LogP contribution in [0.15, 0.2) is 54.6 Å². The normalized spacial score (nSPS) is 19.2. The Balaban J connectivity index is 1.63. The molecule has 1 aliphatic heterocycles. The van der Waals surface area contributed by atoms with Crippen molar-refractivity contribution < 1.29 is 19.4 Å². The van der Waals surface area contributed by atoms with Gasteiger partial charge in [0.05, 0.1) is 12.6 Å². The predicted octanol–water partition coefficient (Wildman–Crippen LogP) is 2.71. The zero-order valence-corrected chi connectivity index (χ0v) is 14.6. The lowest BCUT2D eigenvalue weighted by Gasteiger charge is -2.23. The highest BCUT2D eigenvalue weighted by molar-refractivity contribution is 5.97. The van der Waals surface area contributed by atoms with Crippen molar-refractivity contribution in [1.29, 1.82) is 0 Å². The molecule has 2 aromatic rings. The van der Waals surface area contributed by atoms with Crippen molar-refractivity contribution in [2.24, 2.45) is 0 Å². The standard InChI is InChI=1S/C20H22N2O4/c1-14-6-5-9-16(10-14)21-19(24)18-11-17(23)12-22(18)20(25)26-13-15-7-3-2-4-8-15/h2-10,17-18,23H,11-13H2,1H3,(H,21,24)/t17-,18+/m1/s1. The maximum absolute atomic E-state index is 12.6. The molecule has 3 rings (SSSR count). The third kappa shape index (κ3) is 4.40. The third-order valence-electron chi connectivity index (χ3n) is 4.31. The Morgan fingerprint density at radius 1 is 1.19 bits per heavy atom. The number of benzene rings is 2. The molecule has 0 radical (unpaired) electrons. The summed E-state index contributed by atoms with van der Waals surface area (Å²) in [4.78, 5) is 26.3. The van der Waals surface area contributed by atoms with Crippen LogP contribution in [0.1, 0.15) is 17.5 Å². The van der Waals surface area contributed by atoms with Gasteiger partial charge in [0.2, 0.25) is 5.91 Å². The Bertz CT molecular complexity index is 778. The van der Waals surface area contributed by atoms with Gasteiger partial charge in [-0.25, -0.2) is 4.79 Å². The Morgan fingerprint density at radius 2 is 1.96 bits per heavy atom. The number of likely N-dealkylation sites (tertiary alicyclic amines) is 1. The van der Waals surface area contributed by atoms with E-state index >= 15 is 0 Å². The molecule has 1 aliphatic rings. The minimum atomic E-state index is -0.756. The topological polar surface area (TPSA) is 78.9 Å². The van der Waals surface area contributed by atoms with Crippen LogP contribution in [0.25, 0.3) is 0 Å². The van der Waals surface area contributed by atoms with Crippen LogP contribution in [0, 0.1) is 6.92 Å². The van der Waals surface area contributed by atoms with Crippen LogP contribution < -0.4 is 5.32 Å². The molecule has 0 aromatic heterocycles. The van der Waals surface area contributed by atoms with Gasteiger partial charge < -0.3 is 15.2 Å². The molecule has 2 aromatic carbocycles. The second-order valence-electron chi connectivity index (χ2n) is 6.46. The van der Waals surface area contributed by atoms with Crippen molar-refractivity contribution in [1.82, 2.24) is 4.90 Å². The van der Waals surface area contributed by atoms with E-state index in [9.17, 15) is 14.7 Å². The number of amides is 2. The van der Waals surface area contributed by atoms with Gasteiger partial charge in [-0.2, -0.15) is 0 Å². The summed E-state index contributed by atoms with van der Waals surface area (Å²) in [5.74, 6) is -0.330. The van der Waals surface area contributed by atoms with E-state index in [1.807, 2.05) is 55.5 Å². The molecule has 0 spiro atoms. The van der Waals surface area contributed by atoms with E-state index in [-0.39, 0.29) is 25.5 Å². The summed E-state index contributed by atoms with van der Waals surface area (Å²) in [6.07, 6.45) is -1.15. The highest BCUT2D eigenvalue weighted by Gasteiger charge is 2.39. The second kappa shape index (κ2) is 8.01. The molecule has 0 unspecified atom stereocenters. The quantitative estimate of drug-likeness (QED) is 0.885. The molecule has 1 saturated heterocycles. The summed E-state index contributed by atoms with van der Waals surface area (Å²) in [6.45, 7) is 2.14. The second-order valence-corrected chi connectivity index (χ2v) is 6.46. The van der Waals surface area contributed by atoms with E-state index in [2.05, 4.69) is 5.32 Å². The number of nitrogens with zero attached hydrogens (tertiary/aromatic N) is 1. The number of anilines is 1. The van der Waals surface area contributed by atoms with E-state index in [1.165, 1.54) is 4.90 Å². The number of rotatable bonds is 4. The lowest BCUT2D eigenvalue weighted by molar-refractivity contribution is -0.120. The summed E-state index contributed by atoms with van der Waals surface area (Å²) in [7, 11) is 0. The number of aliphatic hydroxyl groups is 1. The number of β-amino-alcohol motifs (C(OH)–C–C–N with tert-alkyl or cyclic N) is 1. The summed E-state index contributed by atoms with van der Waals surface area (Å²) < 4.78 is 5.31. The molecule has 136 valence electrons. The van der Waals surface area contributed by atoms with Crippen LogP contribution in [0.2, 0.25) is 0 Å². The lowest BCUT2D eigenvalue weighted by atomic mass is 10.1. The van der Waals surface area contributed by atoms with Crippen LogP contribution in [0.4, 0.5) is 10.5 Å². The molecular formula is C20H22N2O4. The van der Waals surface area contributed by atoms with Crippen LogP contribution in [0.5, 0.6) is 0 Å². The Labute approximate surface area is 152 Å². The van der Waals surface area contributed by atoms with Crippen LogP contribution in [-0.4, -0.2) is 40.7 Å². The monoisotopic (exact) mass is 354 g/mol. The fourth-order valence-electron chi connectivity index (χ4n) is 3.01. The van der Waals surface area contributed by atoms with Gasteiger partial charge >= 0.3 is 6.09 Å². The first-order chi connectivity index (χ1) is 12.5. The molecule has 2 atom stereocenters. The highest BCUT2D eigenvalue weighted by atomic mass is 16.6. The third-order valence-corrected chi connectivity index (χ3v) is 4.31. The number of nitrogens with one attached hydrogen (secondary N) is 1. The molecule has 2 N–H and O–H groups in total. The smallest absolute Gasteiger partial charge is 0.410 e. The van der Waals surface area contributed by atoms with Crippen LogP contribution in [-0.2, 0) is 16.1 Å². The van der Waals surface area contributed by atoms with Crippen LogP contribution >= 0.6 is 0 Å². The van der Waals surface area contributed by atoms with E-state index in [0.29, 0.717) is 5.69 Å². The SMILES string of the molecule is Cc1cccc(NC(=O)[C@@H]2C[C@@H](O)CN2C(=O)OCc2ccccc2)c1. The van der Waals surface area contributed by atoms with Crippen molar-refractivity contribution >= 4 is 17.7 Å². The highest BCUT2D eigenvalue weighted by Crippen LogP contribution is 2.21. The minimum absolute atomic E-state index is 0.0829. The molecule has 26 heavy (non-hydrogen) atoms. The van der Waals surface area contributed by atoms with Gasteiger partial charge in [0, 0.05) is 12.1 Å². The molecule has 6 nitrogen and oxygen atoms in total.